The first-order valence-electron chi connectivity index (χ1n) is 7.77. The summed E-state index contributed by atoms with van der Waals surface area (Å²) in [5, 5.41) is 10.6. The summed E-state index contributed by atoms with van der Waals surface area (Å²) in [5.41, 5.74) is 2.47. The van der Waals surface area contributed by atoms with Crippen LogP contribution in [0.4, 0.5) is 0 Å². The molecule has 0 aliphatic carbocycles. The minimum absolute atomic E-state index is 0. The second-order valence-electron chi connectivity index (χ2n) is 5.84. The smallest absolute Gasteiger partial charge is 0.256 e. The number of hydrogen-bond acceptors (Lipinski definition) is 3. The molecule has 0 unspecified atom stereocenters. The van der Waals surface area contributed by atoms with Gasteiger partial charge in [0.15, 0.2) is 0 Å². The lowest BCUT2D eigenvalue weighted by Gasteiger charge is -2.26. The van der Waals surface area contributed by atoms with Crippen LogP contribution in [0, 0.1) is 6.92 Å². The molecule has 0 radical (unpaired) electrons. The maximum atomic E-state index is 13.1. The fourth-order valence-corrected chi connectivity index (χ4v) is 2.90. The van der Waals surface area contributed by atoms with Gasteiger partial charge in [0, 0.05) is 12.5 Å². The lowest BCUT2D eigenvalue weighted by Crippen LogP contribution is -3.00. The van der Waals surface area contributed by atoms with Gasteiger partial charge in [0.1, 0.15) is 0 Å². The van der Waals surface area contributed by atoms with E-state index in [4.69, 9.17) is 0 Å². The number of amides is 1. The van der Waals surface area contributed by atoms with E-state index in [9.17, 15) is 4.79 Å². The fraction of sp³-hybridized carbons (Fsp3) is 0.438. The zero-order chi connectivity index (χ0) is 15.5. The van der Waals surface area contributed by atoms with Crippen molar-refractivity contribution in [2.75, 3.05) is 19.6 Å². The number of aryl methyl sites for hydroxylation is 1. The van der Waals surface area contributed by atoms with Gasteiger partial charge in [0.05, 0.1) is 43.3 Å². The van der Waals surface area contributed by atoms with Gasteiger partial charge in [0.25, 0.3) is 5.91 Å². The molecule has 1 atom stereocenters. The van der Waals surface area contributed by atoms with E-state index in [0.29, 0.717) is 5.56 Å². The molecule has 3 rings (SSSR count). The Bertz CT molecular complexity index is 658. The van der Waals surface area contributed by atoms with Gasteiger partial charge in [-0.15, -0.1) is 0 Å². The standard InChI is InChI=1S/C16H21N5O.ClH/c1-12-3-4-15(21-18-7-8-19-21)14(11-12)16(22)20-10-9-17-6-5-13(20)2;/h3-4,7-8,11,13,17H,5-6,9-10H2,1-2H3;1H/t13-;/m1./s1. The molecule has 1 fully saturated rings. The van der Waals surface area contributed by atoms with Crippen LogP contribution in [0.25, 0.3) is 5.69 Å². The summed E-state index contributed by atoms with van der Waals surface area (Å²) in [4.78, 5) is 16.6. The SMILES string of the molecule is Cc1ccc(-n2nccn2)c(C(=O)N2CC[NH2+]CC[C@H]2C)c1.[Cl-]. The predicted molar refractivity (Wildman–Crippen MR) is 82.9 cm³/mol. The lowest BCUT2D eigenvalue weighted by molar-refractivity contribution is -0.651. The second-order valence-corrected chi connectivity index (χ2v) is 5.84. The summed E-state index contributed by atoms with van der Waals surface area (Å²) < 4.78 is 0. The molecular weight excluding hydrogens is 314 g/mol. The summed E-state index contributed by atoms with van der Waals surface area (Å²) in [6, 6.07) is 6.08. The van der Waals surface area contributed by atoms with Crippen molar-refractivity contribution in [2.24, 2.45) is 0 Å². The molecule has 0 spiro atoms. The van der Waals surface area contributed by atoms with Crippen LogP contribution in [0.1, 0.15) is 29.3 Å². The van der Waals surface area contributed by atoms with Crippen LogP contribution in [0.2, 0.25) is 0 Å². The monoisotopic (exact) mass is 335 g/mol. The molecule has 1 amide bonds. The molecular formula is C16H22ClN5O. The van der Waals surface area contributed by atoms with Crippen LogP contribution in [0.5, 0.6) is 0 Å². The number of aromatic nitrogens is 3. The number of quaternary nitrogens is 1. The number of rotatable bonds is 2. The predicted octanol–water partition coefficient (Wildman–Crippen LogP) is -2.62. The summed E-state index contributed by atoms with van der Waals surface area (Å²) in [7, 11) is 0. The van der Waals surface area contributed by atoms with Gasteiger partial charge in [-0.3, -0.25) is 4.79 Å². The Hall–Kier alpha value is -1.92. The van der Waals surface area contributed by atoms with E-state index in [1.54, 1.807) is 12.4 Å². The van der Waals surface area contributed by atoms with Gasteiger partial charge < -0.3 is 22.6 Å². The third-order valence-electron chi connectivity index (χ3n) is 4.17. The highest BCUT2D eigenvalue weighted by Gasteiger charge is 2.26. The number of nitrogens with zero attached hydrogens (tertiary/aromatic N) is 4. The third kappa shape index (κ3) is 3.71. The molecule has 2 aromatic rings. The van der Waals surface area contributed by atoms with Gasteiger partial charge in [-0.2, -0.15) is 15.0 Å². The summed E-state index contributed by atoms with van der Waals surface area (Å²) in [6.45, 7) is 6.93. The van der Waals surface area contributed by atoms with Crippen LogP contribution in [-0.2, 0) is 0 Å². The molecule has 2 heterocycles. The van der Waals surface area contributed by atoms with Crippen LogP contribution in [-0.4, -0.2) is 51.5 Å². The van der Waals surface area contributed by atoms with Gasteiger partial charge >= 0.3 is 0 Å². The lowest BCUT2D eigenvalue weighted by atomic mass is 10.1. The molecule has 1 aromatic heterocycles. The van der Waals surface area contributed by atoms with E-state index in [1.807, 2.05) is 30.0 Å². The van der Waals surface area contributed by atoms with Gasteiger partial charge in [-0.1, -0.05) is 11.6 Å². The number of nitrogens with two attached hydrogens (primary N) is 1. The largest absolute Gasteiger partial charge is 1.00 e. The zero-order valence-corrected chi connectivity index (χ0v) is 14.2. The topological polar surface area (TPSA) is 67.6 Å². The molecule has 0 saturated carbocycles. The van der Waals surface area contributed by atoms with Crippen molar-refractivity contribution in [2.45, 2.75) is 26.3 Å². The van der Waals surface area contributed by atoms with E-state index in [0.717, 1.165) is 37.3 Å². The summed E-state index contributed by atoms with van der Waals surface area (Å²) in [6.07, 6.45) is 4.27. The number of hydrogen-bond donors (Lipinski definition) is 1. The number of carbonyl (C=O) groups excluding carboxylic acids is 1. The number of carbonyl (C=O) groups is 1. The molecule has 7 heteroatoms. The van der Waals surface area contributed by atoms with Crippen molar-refractivity contribution in [1.29, 1.82) is 0 Å². The van der Waals surface area contributed by atoms with Crippen LogP contribution in [0.3, 0.4) is 0 Å². The molecule has 6 nitrogen and oxygen atoms in total. The quantitative estimate of drug-likeness (QED) is 0.653. The minimum Gasteiger partial charge on any atom is -1.00 e. The van der Waals surface area contributed by atoms with Gasteiger partial charge in [-0.05, 0) is 26.0 Å². The fourth-order valence-electron chi connectivity index (χ4n) is 2.90. The first-order valence-corrected chi connectivity index (χ1v) is 7.77. The molecule has 1 aliphatic heterocycles. The maximum Gasteiger partial charge on any atom is 0.256 e. The Morgan fingerprint density at radius 3 is 2.74 bits per heavy atom. The van der Waals surface area contributed by atoms with E-state index in [-0.39, 0.29) is 24.4 Å². The average Bonchev–Trinajstić information content (AvgIpc) is 2.95. The Labute approximate surface area is 142 Å². The number of benzene rings is 1. The van der Waals surface area contributed by atoms with Crippen LogP contribution < -0.4 is 17.7 Å². The molecule has 124 valence electrons. The molecule has 2 N–H and O–H groups in total. The minimum atomic E-state index is 0. The Morgan fingerprint density at radius 2 is 2.00 bits per heavy atom. The van der Waals surface area contributed by atoms with Crippen molar-refractivity contribution in [3.63, 3.8) is 0 Å². The Morgan fingerprint density at radius 1 is 1.26 bits per heavy atom. The molecule has 1 aromatic carbocycles. The maximum absolute atomic E-state index is 13.1. The summed E-state index contributed by atoms with van der Waals surface area (Å²) >= 11 is 0. The van der Waals surface area contributed by atoms with Crippen molar-refractivity contribution in [3.8, 4) is 5.69 Å². The van der Waals surface area contributed by atoms with E-state index >= 15 is 0 Å². The normalized spacial score (nSPS) is 18.2. The Kier molecular flexibility index (Phi) is 5.74. The average molecular weight is 336 g/mol. The van der Waals surface area contributed by atoms with Crippen LogP contribution >= 0.6 is 0 Å². The van der Waals surface area contributed by atoms with E-state index in [2.05, 4.69) is 22.4 Å². The van der Waals surface area contributed by atoms with Crippen molar-refractivity contribution in [3.05, 3.63) is 41.7 Å². The van der Waals surface area contributed by atoms with Crippen molar-refractivity contribution >= 4 is 5.91 Å². The van der Waals surface area contributed by atoms with Crippen molar-refractivity contribution < 1.29 is 22.5 Å². The highest BCUT2D eigenvalue weighted by molar-refractivity contribution is 5.98. The Balaban J connectivity index is 0.00000192. The highest BCUT2D eigenvalue weighted by atomic mass is 35.5. The molecule has 1 saturated heterocycles. The molecule has 0 bridgehead atoms. The second kappa shape index (κ2) is 7.57. The van der Waals surface area contributed by atoms with E-state index < -0.39 is 0 Å². The van der Waals surface area contributed by atoms with Crippen molar-refractivity contribution in [1.82, 2.24) is 19.9 Å². The number of halogens is 1. The van der Waals surface area contributed by atoms with Crippen LogP contribution in [0.15, 0.2) is 30.6 Å². The van der Waals surface area contributed by atoms with E-state index in [1.165, 1.54) is 4.80 Å². The highest BCUT2D eigenvalue weighted by Crippen LogP contribution is 2.19. The summed E-state index contributed by atoms with van der Waals surface area (Å²) in [5.74, 6) is 0.0683. The first kappa shape index (κ1) is 17.4. The van der Waals surface area contributed by atoms with Gasteiger partial charge in [0.2, 0.25) is 0 Å². The zero-order valence-electron chi connectivity index (χ0n) is 13.4. The molecule has 1 aliphatic rings. The third-order valence-corrected chi connectivity index (χ3v) is 4.17. The first-order chi connectivity index (χ1) is 10.7. The molecule has 23 heavy (non-hydrogen) atoms. The van der Waals surface area contributed by atoms with Gasteiger partial charge in [-0.25, -0.2) is 0 Å².